The third-order valence-corrected chi connectivity index (χ3v) is 4.60. The van der Waals surface area contributed by atoms with Crippen LogP contribution in [0.3, 0.4) is 0 Å². The van der Waals surface area contributed by atoms with Crippen molar-refractivity contribution in [2.75, 3.05) is 0 Å². The van der Waals surface area contributed by atoms with Gasteiger partial charge in [-0.1, -0.05) is 11.6 Å². The Balaban J connectivity index is 2.19. The minimum absolute atomic E-state index is 0.313. The van der Waals surface area contributed by atoms with Crippen LogP contribution in [-0.2, 0) is 6.61 Å². The molecule has 0 saturated carbocycles. The number of ether oxygens (including phenoxy) is 1. The summed E-state index contributed by atoms with van der Waals surface area (Å²) in [6.45, 7) is 2.20. The summed E-state index contributed by atoms with van der Waals surface area (Å²) in [5.41, 5.74) is 0.839. The second-order valence-electron chi connectivity index (χ2n) is 3.74. The van der Waals surface area contributed by atoms with Crippen molar-refractivity contribution in [2.45, 2.75) is 13.5 Å². The van der Waals surface area contributed by atoms with E-state index in [0.29, 0.717) is 17.6 Å². The van der Waals surface area contributed by atoms with E-state index in [4.69, 9.17) is 16.3 Å². The zero-order valence-corrected chi connectivity index (χ0v) is 17.0. The molecule has 0 radical (unpaired) electrons. The Bertz CT molecular complexity index is 579. The molecule has 1 aromatic carbocycles. The van der Waals surface area contributed by atoms with E-state index >= 15 is 0 Å². The standard InChI is InChI=1S/C12H8ClI3N2O/c1-6-2-10(13)18-11(17-6)5-19-12-8(15)3-7(14)4-9(12)16/h2-4H,5H2,1H3. The molecule has 7 heteroatoms. The van der Waals surface area contributed by atoms with Crippen molar-refractivity contribution < 1.29 is 4.74 Å². The summed E-state index contributed by atoms with van der Waals surface area (Å²) in [7, 11) is 0. The molecule has 0 N–H and O–H groups in total. The molecular weight excluding hydrogens is 604 g/mol. The van der Waals surface area contributed by atoms with Crippen LogP contribution < -0.4 is 4.74 Å². The van der Waals surface area contributed by atoms with Crippen LogP contribution in [0.2, 0.25) is 5.15 Å². The Labute approximate surface area is 157 Å². The molecule has 3 nitrogen and oxygen atoms in total. The lowest BCUT2D eigenvalue weighted by molar-refractivity contribution is 0.291. The van der Waals surface area contributed by atoms with E-state index in [1.165, 1.54) is 3.57 Å². The van der Waals surface area contributed by atoms with E-state index in [-0.39, 0.29) is 0 Å². The van der Waals surface area contributed by atoms with Gasteiger partial charge in [0, 0.05) is 9.26 Å². The molecule has 0 atom stereocenters. The van der Waals surface area contributed by atoms with Gasteiger partial charge in [-0.3, -0.25) is 0 Å². The zero-order valence-electron chi connectivity index (χ0n) is 9.75. The predicted octanol–water partition coefficient (Wildman–Crippen LogP) is 4.83. The third kappa shape index (κ3) is 4.53. The average Bonchev–Trinajstić information content (AvgIpc) is 2.25. The molecule has 2 aromatic rings. The Morgan fingerprint density at radius 2 is 1.74 bits per heavy atom. The topological polar surface area (TPSA) is 35.0 Å². The monoisotopic (exact) mass is 612 g/mol. The van der Waals surface area contributed by atoms with Gasteiger partial charge in [0.15, 0.2) is 5.82 Å². The minimum Gasteiger partial charge on any atom is -0.483 e. The van der Waals surface area contributed by atoms with E-state index < -0.39 is 0 Å². The van der Waals surface area contributed by atoms with Gasteiger partial charge in [-0.25, -0.2) is 9.97 Å². The number of halogens is 4. The van der Waals surface area contributed by atoms with Gasteiger partial charge in [-0.2, -0.15) is 0 Å². The van der Waals surface area contributed by atoms with Crippen LogP contribution in [0.25, 0.3) is 0 Å². The van der Waals surface area contributed by atoms with E-state index in [9.17, 15) is 0 Å². The van der Waals surface area contributed by atoms with Gasteiger partial charge in [-0.15, -0.1) is 0 Å². The Morgan fingerprint density at radius 3 is 2.32 bits per heavy atom. The first-order chi connectivity index (χ1) is 8.95. The third-order valence-electron chi connectivity index (χ3n) is 2.18. The molecule has 100 valence electrons. The molecule has 0 unspecified atom stereocenters. The lowest BCUT2D eigenvalue weighted by atomic mass is 10.3. The number of nitrogens with zero attached hydrogens (tertiary/aromatic N) is 2. The maximum atomic E-state index is 5.90. The lowest BCUT2D eigenvalue weighted by Crippen LogP contribution is -2.05. The molecule has 1 heterocycles. The molecular formula is C12H8ClI3N2O. The van der Waals surface area contributed by atoms with E-state index in [1.54, 1.807) is 6.07 Å². The number of hydrogen-bond acceptors (Lipinski definition) is 3. The van der Waals surface area contributed by atoms with Crippen LogP contribution in [0, 0.1) is 17.6 Å². The van der Waals surface area contributed by atoms with Gasteiger partial charge in [0.1, 0.15) is 17.5 Å². The van der Waals surface area contributed by atoms with Crippen molar-refractivity contribution in [3.05, 3.63) is 45.6 Å². The number of aromatic nitrogens is 2. The maximum Gasteiger partial charge on any atom is 0.167 e. The number of hydrogen-bond donors (Lipinski definition) is 0. The SMILES string of the molecule is Cc1cc(Cl)nc(COc2c(I)cc(I)cc2I)n1. The molecule has 0 fully saturated rings. The highest BCUT2D eigenvalue weighted by atomic mass is 127. The highest BCUT2D eigenvalue weighted by molar-refractivity contribution is 14.1. The minimum atomic E-state index is 0.313. The van der Waals surface area contributed by atoms with Gasteiger partial charge in [0.05, 0.1) is 7.14 Å². The highest BCUT2D eigenvalue weighted by Gasteiger charge is 2.09. The molecule has 0 spiro atoms. The van der Waals surface area contributed by atoms with Gasteiger partial charge < -0.3 is 4.74 Å². The molecule has 0 aliphatic rings. The Hall–Kier alpha value is 0.580. The van der Waals surface area contributed by atoms with Crippen molar-refractivity contribution >= 4 is 79.4 Å². The largest absolute Gasteiger partial charge is 0.483 e. The number of benzene rings is 1. The number of rotatable bonds is 3. The van der Waals surface area contributed by atoms with Gasteiger partial charge in [0.25, 0.3) is 0 Å². The van der Waals surface area contributed by atoms with Crippen LogP contribution in [0.15, 0.2) is 18.2 Å². The summed E-state index contributed by atoms with van der Waals surface area (Å²) in [4.78, 5) is 8.45. The van der Waals surface area contributed by atoms with Crippen molar-refractivity contribution in [3.8, 4) is 5.75 Å². The second-order valence-corrected chi connectivity index (χ2v) is 7.69. The fourth-order valence-corrected chi connectivity index (χ4v) is 5.61. The van der Waals surface area contributed by atoms with E-state index in [1.807, 2.05) is 6.92 Å². The molecule has 2 rings (SSSR count). The zero-order chi connectivity index (χ0) is 14.0. The van der Waals surface area contributed by atoms with Crippen LogP contribution >= 0.6 is 79.4 Å². The van der Waals surface area contributed by atoms with Crippen molar-refractivity contribution in [1.82, 2.24) is 9.97 Å². The van der Waals surface area contributed by atoms with Crippen LogP contribution in [0.1, 0.15) is 11.5 Å². The molecule has 0 aliphatic carbocycles. The fourth-order valence-electron chi connectivity index (χ4n) is 1.46. The quantitative estimate of drug-likeness (QED) is 0.368. The first kappa shape index (κ1) is 16.0. The summed E-state index contributed by atoms with van der Waals surface area (Å²) in [5, 5.41) is 0.443. The van der Waals surface area contributed by atoms with Gasteiger partial charge in [0.2, 0.25) is 0 Å². The predicted molar refractivity (Wildman–Crippen MR) is 101 cm³/mol. The smallest absolute Gasteiger partial charge is 0.167 e. The van der Waals surface area contributed by atoms with Crippen LogP contribution in [0.4, 0.5) is 0 Å². The Kier molecular flexibility index (Phi) is 5.90. The van der Waals surface area contributed by atoms with Crippen molar-refractivity contribution in [1.29, 1.82) is 0 Å². The molecule has 0 amide bonds. The average molecular weight is 612 g/mol. The highest BCUT2D eigenvalue weighted by Crippen LogP contribution is 2.30. The first-order valence-corrected chi connectivity index (χ1v) is 8.84. The van der Waals surface area contributed by atoms with E-state index in [2.05, 4.69) is 89.9 Å². The van der Waals surface area contributed by atoms with Crippen molar-refractivity contribution in [3.63, 3.8) is 0 Å². The summed E-state index contributed by atoms with van der Waals surface area (Å²) in [6, 6.07) is 5.87. The van der Waals surface area contributed by atoms with Crippen LogP contribution in [0.5, 0.6) is 5.75 Å². The molecule has 1 aromatic heterocycles. The van der Waals surface area contributed by atoms with Gasteiger partial charge >= 0.3 is 0 Å². The number of aryl methyl sites for hydroxylation is 1. The first-order valence-electron chi connectivity index (χ1n) is 5.23. The summed E-state index contributed by atoms with van der Waals surface area (Å²) < 4.78 is 9.16. The Morgan fingerprint density at radius 1 is 1.11 bits per heavy atom. The normalized spacial score (nSPS) is 10.6. The molecule has 0 saturated heterocycles. The van der Waals surface area contributed by atoms with E-state index in [0.717, 1.165) is 18.6 Å². The summed E-state index contributed by atoms with van der Waals surface area (Å²) in [5.74, 6) is 1.46. The summed E-state index contributed by atoms with van der Waals surface area (Å²) in [6.07, 6.45) is 0. The molecule has 0 aliphatic heterocycles. The van der Waals surface area contributed by atoms with Crippen molar-refractivity contribution in [2.24, 2.45) is 0 Å². The van der Waals surface area contributed by atoms with Crippen LogP contribution in [-0.4, -0.2) is 9.97 Å². The summed E-state index contributed by atoms with van der Waals surface area (Å²) >= 11 is 12.7. The maximum absolute atomic E-state index is 5.90. The second kappa shape index (κ2) is 7.03. The lowest BCUT2D eigenvalue weighted by Gasteiger charge is -2.10. The molecule has 19 heavy (non-hydrogen) atoms. The van der Waals surface area contributed by atoms with Gasteiger partial charge in [-0.05, 0) is 92.9 Å². The fraction of sp³-hybridized carbons (Fsp3) is 0.167. The molecule has 0 bridgehead atoms.